The van der Waals surface area contributed by atoms with Crippen molar-refractivity contribution in [2.24, 2.45) is 34.5 Å². The van der Waals surface area contributed by atoms with E-state index in [1.54, 1.807) is 5.57 Å². The van der Waals surface area contributed by atoms with Crippen LogP contribution in [0.1, 0.15) is 64.7 Å². The molecule has 7 unspecified atom stereocenters. The predicted molar refractivity (Wildman–Crippen MR) is 85.1 cm³/mol. The number of carbonyl (C=O) groups is 1. The van der Waals surface area contributed by atoms with Gasteiger partial charge in [0.1, 0.15) is 5.78 Å². The number of hydrogen-bond donors (Lipinski definition) is 1. The van der Waals surface area contributed by atoms with Gasteiger partial charge in [0.05, 0.1) is 6.10 Å². The van der Waals surface area contributed by atoms with Crippen molar-refractivity contribution in [2.75, 3.05) is 0 Å². The lowest BCUT2D eigenvalue weighted by Crippen LogP contribution is -2.56. The van der Waals surface area contributed by atoms with E-state index in [1.165, 1.54) is 38.5 Å². The van der Waals surface area contributed by atoms with Gasteiger partial charge in [-0.1, -0.05) is 18.6 Å². The van der Waals surface area contributed by atoms with E-state index < -0.39 is 0 Å². The number of ketones is 1. The molecule has 0 radical (unpaired) electrons. The molecule has 120 valence electrons. The zero-order valence-corrected chi connectivity index (χ0v) is 13.7. The molecule has 1 spiro atoms. The van der Waals surface area contributed by atoms with Gasteiger partial charge in [-0.25, -0.2) is 0 Å². The molecule has 22 heavy (non-hydrogen) atoms. The third-order valence-electron chi connectivity index (χ3n) is 8.69. The van der Waals surface area contributed by atoms with Crippen LogP contribution in [0, 0.1) is 34.5 Å². The molecule has 5 aliphatic carbocycles. The summed E-state index contributed by atoms with van der Waals surface area (Å²) in [5, 5.41) is 10.0. The lowest BCUT2D eigenvalue weighted by Gasteiger charge is -2.60. The zero-order chi connectivity index (χ0) is 15.1. The lowest BCUT2D eigenvalue weighted by atomic mass is 9.43. The highest BCUT2D eigenvalue weighted by Gasteiger charge is 2.66. The molecule has 0 aliphatic heterocycles. The molecule has 0 aromatic heterocycles. The van der Waals surface area contributed by atoms with Crippen LogP contribution in [0.5, 0.6) is 0 Å². The molecule has 7 atom stereocenters. The Morgan fingerprint density at radius 2 is 2.00 bits per heavy atom. The van der Waals surface area contributed by atoms with Gasteiger partial charge in [0.25, 0.3) is 0 Å². The number of allylic oxidation sites excluding steroid dienone is 1. The molecule has 1 N–H and O–H groups in total. The van der Waals surface area contributed by atoms with Gasteiger partial charge in [-0.3, -0.25) is 4.79 Å². The second-order valence-electron chi connectivity index (χ2n) is 9.20. The third kappa shape index (κ3) is 1.48. The quantitative estimate of drug-likeness (QED) is 0.689. The van der Waals surface area contributed by atoms with Crippen LogP contribution in [-0.2, 0) is 4.79 Å². The first-order chi connectivity index (χ1) is 10.5. The van der Waals surface area contributed by atoms with Crippen molar-refractivity contribution in [3.05, 3.63) is 11.6 Å². The van der Waals surface area contributed by atoms with Crippen LogP contribution < -0.4 is 0 Å². The van der Waals surface area contributed by atoms with Crippen molar-refractivity contribution in [1.82, 2.24) is 0 Å². The maximum atomic E-state index is 12.0. The molecule has 2 nitrogen and oxygen atoms in total. The van der Waals surface area contributed by atoms with Crippen LogP contribution >= 0.6 is 0 Å². The van der Waals surface area contributed by atoms with Gasteiger partial charge in [0.2, 0.25) is 0 Å². The molecule has 5 aliphatic rings. The Kier molecular flexibility index (Phi) is 2.67. The largest absolute Gasteiger partial charge is 0.393 e. The first-order valence-electron chi connectivity index (χ1n) is 9.45. The summed E-state index contributed by atoms with van der Waals surface area (Å²) in [6.45, 7) is 2.48. The minimum atomic E-state index is -0.106. The summed E-state index contributed by atoms with van der Waals surface area (Å²) in [7, 11) is 0. The number of hydrogen-bond acceptors (Lipinski definition) is 2. The van der Waals surface area contributed by atoms with Crippen LogP contribution in [0.15, 0.2) is 11.6 Å². The van der Waals surface area contributed by atoms with Crippen molar-refractivity contribution >= 4 is 5.78 Å². The first-order valence-corrected chi connectivity index (χ1v) is 9.45. The predicted octanol–water partition coefficient (Wildman–Crippen LogP) is 3.88. The molecule has 0 saturated heterocycles. The molecular formula is C20H28O2. The Bertz CT molecular complexity index is 564. The van der Waals surface area contributed by atoms with Crippen LogP contribution in [0.4, 0.5) is 0 Å². The van der Waals surface area contributed by atoms with Crippen LogP contribution in [0.2, 0.25) is 0 Å². The number of fused-ring (bicyclic) bond motifs is 4. The highest BCUT2D eigenvalue weighted by molar-refractivity contribution is 5.89. The van der Waals surface area contributed by atoms with Crippen molar-refractivity contribution in [3.8, 4) is 0 Å². The fourth-order valence-electron chi connectivity index (χ4n) is 7.59. The number of carbonyl (C=O) groups excluding carboxylic acids is 1. The molecule has 0 aromatic rings. The minimum absolute atomic E-state index is 0.106. The molecular weight excluding hydrogens is 272 g/mol. The van der Waals surface area contributed by atoms with E-state index >= 15 is 0 Å². The summed E-state index contributed by atoms with van der Waals surface area (Å²) in [6, 6.07) is 0. The van der Waals surface area contributed by atoms with Crippen molar-refractivity contribution in [3.63, 3.8) is 0 Å². The van der Waals surface area contributed by atoms with E-state index in [0.717, 1.165) is 37.0 Å². The van der Waals surface area contributed by atoms with Crippen molar-refractivity contribution in [2.45, 2.75) is 70.8 Å². The molecule has 4 saturated carbocycles. The van der Waals surface area contributed by atoms with Gasteiger partial charge in [-0.15, -0.1) is 0 Å². The first kappa shape index (κ1) is 13.8. The Morgan fingerprint density at radius 3 is 2.82 bits per heavy atom. The number of Topliss-reactive ketones (excluding diaryl/α,β-unsaturated/α-hetero) is 1. The van der Waals surface area contributed by atoms with E-state index in [0.29, 0.717) is 22.5 Å². The van der Waals surface area contributed by atoms with Crippen molar-refractivity contribution in [1.29, 1.82) is 0 Å². The average molecular weight is 300 g/mol. The molecule has 2 heteroatoms. The van der Waals surface area contributed by atoms with Crippen molar-refractivity contribution < 1.29 is 9.90 Å². The Labute approximate surface area is 133 Å². The molecule has 0 bridgehead atoms. The molecule has 0 heterocycles. The van der Waals surface area contributed by atoms with E-state index in [2.05, 4.69) is 13.0 Å². The SMILES string of the molecule is CC12CCC(O)CC1=CCC1C2CCC23CC(=O)C2CCC13. The van der Waals surface area contributed by atoms with Crippen LogP contribution in [0.3, 0.4) is 0 Å². The van der Waals surface area contributed by atoms with Gasteiger partial charge in [-0.2, -0.15) is 0 Å². The maximum absolute atomic E-state index is 12.0. The van der Waals surface area contributed by atoms with Gasteiger partial charge in [-0.05, 0) is 80.0 Å². The minimum Gasteiger partial charge on any atom is -0.393 e. The summed E-state index contributed by atoms with van der Waals surface area (Å²) < 4.78 is 0. The van der Waals surface area contributed by atoms with E-state index in [1.807, 2.05) is 0 Å². The Balaban J connectivity index is 1.50. The highest BCUT2D eigenvalue weighted by Crippen LogP contribution is 2.70. The van der Waals surface area contributed by atoms with E-state index in [4.69, 9.17) is 0 Å². The Morgan fingerprint density at radius 1 is 1.14 bits per heavy atom. The van der Waals surface area contributed by atoms with Crippen LogP contribution in [0.25, 0.3) is 0 Å². The van der Waals surface area contributed by atoms with E-state index in [-0.39, 0.29) is 6.10 Å². The number of aliphatic hydroxyl groups excluding tert-OH is 1. The standard InChI is InChI=1S/C20H28O2/c1-19-8-6-13(21)10-12(19)2-3-14-15(19)7-9-20-11-18(22)17(20)5-4-16(14)20/h2,13-17,21H,3-11H2,1H3. The van der Waals surface area contributed by atoms with Crippen LogP contribution in [-0.4, -0.2) is 17.0 Å². The molecule has 4 fully saturated rings. The van der Waals surface area contributed by atoms with Gasteiger partial charge < -0.3 is 5.11 Å². The third-order valence-corrected chi connectivity index (χ3v) is 8.69. The number of rotatable bonds is 0. The molecule has 0 amide bonds. The topological polar surface area (TPSA) is 37.3 Å². The smallest absolute Gasteiger partial charge is 0.137 e. The summed E-state index contributed by atoms with van der Waals surface area (Å²) in [5.74, 6) is 3.45. The fraction of sp³-hybridized carbons (Fsp3) is 0.850. The average Bonchev–Trinajstić information content (AvgIpc) is 2.80. The maximum Gasteiger partial charge on any atom is 0.137 e. The molecule has 5 rings (SSSR count). The summed E-state index contributed by atoms with van der Waals surface area (Å²) in [5.41, 5.74) is 2.33. The highest BCUT2D eigenvalue weighted by atomic mass is 16.3. The fourth-order valence-corrected chi connectivity index (χ4v) is 7.59. The normalized spacial score (nSPS) is 56.2. The zero-order valence-electron chi connectivity index (χ0n) is 13.7. The second-order valence-corrected chi connectivity index (χ2v) is 9.20. The lowest BCUT2D eigenvalue weighted by molar-refractivity contribution is -0.154. The van der Waals surface area contributed by atoms with Gasteiger partial charge >= 0.3 is 0 Å². The molecule has 0 aromatic carbocycles. The van der Waals surface area contributed by atoms with Gasteiger partial charge in [0, 0.05) is 12.3 Å². The second kappa shape index (κ2) is 4.26. The summed E-state index contributed by atoms with van der Waals surface area (Å²) in [6.07, 6.45) is 12.7. The monoisotopic (exact) mass is 300 g/mol. The summed E-state index contributed by atoms with van der Waals surface area (Å²) in [4.78, 5) is 12.0. The Hall–Kier alpha value is -0.630. The van der Waals surface area contributed by atoms with Gasteiger partial charge in [0.15, 0.2) is 0 Å². The summed E-state index contributed by atoms with van der Waals surface area (Å²) >= 11 is 0. The number of aliphatic hydroxyl groups is 1. The van der Waals surface area contributed by atoms with E-state index in [9.17, 15) is 9.90 Å².